The van der Waals surface area contributed by atoms with E-state index < -0.39 is 0 Å². The summed E-state index contributed by atoms with van der Waals surface area (Å²) in [6.45, 7) is 6.76. The van der Waals surface area contributed by atoms with Crippen LogP contribution in [0.1, 0.15) is 50.7 Å². The summed E-state index contributed by atoms with van der Waals surface area (Å²) >= 11 is 0. The molecule has 5 nitrogen and oxygen atoms in total. The molecule has 0 fully saturated rings. The standard InChI is InChI=1S/C16H24N4O/c1-5-15(17-4)13-6-8-14(9-7-13)21-10-16-18-11-19-20(16)12(2)3/h6-9,11-12,15,17H,5,10H2,1-4H3. The van der Waals surface area contributed by atoms with Crippen LogP contribution in [-0.2, 0) is 6.61 Å². The molecule has 2 aromatic rings. The Morgan fingerprint density at radius 3 is 2.52 bits per heavy atom. The summed E-state index contributed by atoms with van der Waals surface area (Å²) in [4.78, 5) is 4.24. The Balaban J connectivity index is 1.99. The topological polar surface area (TPSA) is 52.0 Å². The normalized spacial score (nSPS) is 12.6. The van der Waals surface area contributed by atoms with Crippen molar-refractivity contribution in [1.82, 2.24) is 20.1 Å². The highest BCUT2D eigenvalue weighted by molar-refractivity contribution is 5.29. The maximum atomic E-state index is 5.80. The smallest absolute Gasteiger partial charge is 0.165 e. The van der Waals surface area contributed by atoms with Crippen molar-refractivity contribution in [2.75, 3.05) is 7.05 Å². The van der Waals surface area contributed by atoms with E-state index in [1.165, 1.54) is 5.56 Å². The van der Waals surface area contributed by atoms with E-state index >= 15 is 0 Å². The van der Waals surface area contributed by atoms with Crippen molar-refractivity contribution < 1.29 is 4.74 Å². The van der Waals surface area contributed by atoms with E-state index in [1.807, 2.05) is 23.9 Å². The van der Waals surface area contributed by atoms with Gasteiger partial charge in [-0.1, -0.05) is 19.1 Å². The van der Waals surface area contributed by atoms with Crippen LogP contribution in [0.25, 0.3) is 0 Å². The van der Waals surface area contributed by atoms with Gasteiger partial charge in [-0.2, -0.15) is 5.10 Å². The molecule has 0 saturated heterocycles. The number of hydrogen-bond acceptors (Lipinski definition) is 4. The first-order chi connectivity index (χ1) is 10.2. The SMILES string of the molecule is CCC(NC)c1ccc(OCc2ncnn2C(C)C)cc1. The number of nitrogens with one attached hydrogen (secondary N) is 1. The first-order valence-electron chi connectivity index (χ1n) is 7.44. The van der Waals surface area contributed by atoms with E-state index in [1.54, 1.807) is 6.33 Å². The molecule has 0 aliphatic rings. The lowest BCUT2D eigenvalue weighted by Gasteiger charge is -2.15. The largest absolute Gasteiger partial charge is 0.486 e. The van der Waals surface area contributed by atoms with Crippen LogP contribution in [0, 0.1) is 0 Å². The molecule has 0 saturated carbocycles. The Morgan fingerprint density at radius 1 is 1.24 bits per heavy atom. The van der Waals surface area contributed by atoms with Crippen molar-refractivity contribution in [3.8, 4) is 5.75 Å². The molecule has 1 atom stereocenters. The highest BCUT2D eigenvalue weighted by Crippen LogP contribution is 2.20. The highest BCUT2D eigenvalue weighted by Gasteiger charge is 2.09. The van der Waals surface area contributed by atoms with Gasteiger partial charge in [0.2, 0.25) is 0 Å². The van der Waals surface area contributed by atoms with Gasteiger partial charge in [-0.3, -0.25) is 0 Å². The van der Waals surface area contributed by atoms with E-state index in [9.17, 15) is 0 Å². The maximum absolute atomic E-state index is 5.80. The summed E-state index contributed by atoms with van der Waals surface area (Å²) in [7, 11) is 1.98. The zero-order valence-corrected chi connectivity index (χ0v) is 13.2. The van der Waals surface area contributed by atoms with Gasteiger partial charge in [0.1, 0.15) is 18.7 Å². The van der Waals surface area contributed by atoms with Crippen molar-refractivity contribution in [1.29, 1.82) is 0 Å². The Labute approximate surface area is 126 Å². The van der Waals surface area contributed by atoms with Gasteiger partial charge in [-0.05, 0) is 45.0 Å². The van der Waals surface area contributed by atoms with Crippen LogP contribution in [0.4, 0.5) is 0 Å². The van der Waals surface area contributed by atoms with E-state index in [-0.39, 0.29) is 6.04 Å². The first kappa shape index (κ1) is 15.5. The van der Waals surface area contributed by atoms with Gasteiger partial charge < -0.3 is 10.1 Å². The quantitative estimate of drug-likeness (QED) is 0.850. The van der Waals surface area contributed by atoms with Crippen molar-refractivity contribution in [2.24, 2.45) is 0 Å². The van der Waals surface area contributed by atoms with Crippen LogP contribution in [0.3, 0.4) is 0 Å². The molecule has 0 spiro atoms. The average Bonchev–Trinajstić information content (AvgIpc) is 2.96. The Bertz CT molecular complexity index is 544. The maximum Gasteiger partial charge on any atom is 0.165 e. The van der Waals surface area contributed by atoms with E-state index in [0.29, 0.717) is 12.6 Å². The third-order valence-corrected chi connectivity index (χ3v) is 3.54. The minimum atomic E-state index is 0.286. The second-order valence-corrected chi connectivity index (χ2v) is 5.32. The Kier molecular flexibility index (Phi) is 5.33. The van der Waals surface area contributed by atoms with Gasteiger partial charge in [-0.25, -0.2) is 9.67 Å². The summed E-state index contributed by atoms with van der Waals surface area (Å²) in [5.41, 5.74) is 1.28. The molecule has 2 rings (SSSR count). The number of benzene rings is 1. The molecule has 5 heteroatoms. The second-order valence-electron chi connectivity index (χ2n) is 5.32. The van der Waals surface area contributed by atoms with Gasteiger partial charge in [0.25, 0.3) is 0 Å². The molecule has 0 amide bonds. The molecule has 1 aromatic carbocycles. The molecule has 0 radical (unpaired) electrons. The van der Waals surface area contributed by atoms with Crippen LogP contribution in [0.15, 0.2) is 30.6 Å². The van der Waals surface area contributed by atoms with Crippen molar-refractivity contribution >= 4 is 0 Å². The molecule has 0 aliphatic heterocycles. The molecule has 1 heterocycles. The summed E-state index contributed by atoms with van der Waals surface area (Å²) in [6.07, 6.45) is 2.63. The van der Waals surface area contributed by atoms with E-state index in [2.05, 4.69) is 48.3 Å². The third kappa shape index (κ3) is 3.82. The fraction of sp³-hybridized carbons (Fsp3) is 0.500. The van der Waals surface area contributed by atoms with Crippen LogP contribution in [-0.4, -0.2) is 21.8 Å². The number of nitrogens with zero attached hydrogens (tertiary/aromatic N) is 3. The lowest BCUT2D eigenvalue weighted by atomic mass is 10.1. The zero-order chi connectivity index (χ0) is 15.2. The molecule has 1 unspecified atom stereocenters. The monoisotopic (exact) mass is 288 g/mol. The van der Waals surface area contributed by atoms with Crippen molar-refractivity contribution in [3.05, 3.63) is 42.0 Å². The van der Waals surface area contributed by atoms with Gasteiger partial charge in [0.05, 0.1) is 0 Å². The van der Waals surface area contributed by atoms with Crippen LogP contribution in [0.5, 0.6) is 5.75 Å². The summed E-state index contributed by atoms with van der Waals surface area (Å²) in [5.74, 6) is 1.69. The first-order valence-corrected chi connectivity index (χ1v) is 7.44. The molecule has 0 bridgehead atoms. The van der Waals surface area contributed by atoms with Gasteiger partial charge >= 0.3 is 0 Å². The minimum Gasteiger partial charge on any atom is -0.486 e. The summed E-state index contributed by atoms with van der Waals surface area (Å²) < 4.78 is 7.68. The molecule has 114 valence electrons. The van der Waals surface area contributed by atoms with Crippen LogP contribution < -0.4 is 10.1 Å². The lowest BCUT2D eigenvalue weighted by Crippen LogP contribution is -2.15. The summed E-state index contributed by atoms with van der Waals surface area (Å²) in [5, 5.41) is 7.50. The molecule has 0 aliphatic carbocycles. The Morgan fingerprint density at radius 2 is 1.95 bits per heavy atom. The van der Waals surface area contributed by atoms with Crippen LogP contribution in [0.2, 0.25) is 0 Å². The van der Waals surface area contributed by atoms with Gasteiger partial charge in [0, 0.05) is 12.1 Å². The molecule has 21 heavy (non-hydrogen) atoms. The second kappa shape index (κ2) is 7.22. The fourth-order valence-corrected chi connectivity index (χ4v) is 2.36. The lowest BCUT2D eigenvalue weighted by molar-refractivity contribution is 0.282. The molecular formula is C16H24N4O. The van der Waals surface area contributed by atoms with Gasteiger partial charge in [-0.15, -0.1) is 0 Å². The fourth-order valence-electron chi connectivity index (χ4n) is 2.36. The van der Waals surface area contributed by atoms with Crippen molar-refractivity contribution in [3.63, 3.8) is 0 Å². The predicted molar refractivity (Wildman–Crippen MR) is 83.3 cm³/mol. The van der Waals surface area contributed by atoms with Crippen molar-refractivity contribution in [2.45, 2.75) is 45.9 Å². The zero-order valence-electron chi connectivity index (χ0n) is 13.2. The molecule has 1 N–H and O–H groups in total. The predicted octanol–water partition coefficient (Wildman–Crippen LogP) is 3.11. The average molecular weight is 288 g/mol. The molecular weight excluding hydrogens is 264 g/mol. The van der Waals surface area contributed by atoms with E-state index in [0.717, 1.165) is 18.0 Å². The number of hydrogen-bond donors (Lipinski definition) is 1. The molecule has 1 aromatic heterocycles. The summed E-state index contributed by atoms with van der Waals surface area (Å²) in [6, 6.07) is 8.90. The van der Waals surface area contributed by atoms with Crippen LogP contribution >= 0.6 is 0 Å². The highest BCUT2D eigenvalue weighted by atomic mass is 16.5. The Hall–Kier alpha value is -1.88. The number of ether oxygens (including phenoxy) is 1. The number of aromatic nitrogens is 3. The number of rotatable bonds is 7. The third-order valence-electron chi connectivity index (χ3n) is 3.54. The minimum absolute atomic E-state index is 0.286. The van der Waals surface area contributed by atoms with Gasteiger partial charge in [0.15, 0.2) is 5.82 Å². The van der Waals surface area contributed by atoms with E-state index in [4.69, 9.17) is 4.74 Å².